The number of benzene rings is 2. The molecule has 134 valence electrons. The van der Waals surface area contributed by atoms with Crippen molar-refractivity contribution in [3.63, 3.8) is 0 Å². The van der Waals surface area contributed by atoms with Crippen LogP contribution in [-0.4, -0.2) is 20.7 Å². The molecular weight excluding hydrogens is 353 g/mol. The summed E-state index contributed by atoms with van der Waals surface area (Å²) in [5.41, 5.74) is 0.479. The lowest BCUT2D eigenvalue weighted by Gasteiger charge is -2.31. The maximum absolute atomic E-state index is 14.1. The van der Waals surface area contributed by atoms with Crippen LogP contribution in [0.25, 0.3) is 11.3 Å². The van der Waals surface area contributed by atoms with Crippen LogP contribution >= 0.6 is 11.6 Å². The molecule has 1 unspecified atom stereocenters. The first-order chi connectivity index (χ1) is 12.3. The lowest BCUT2D eigenvalue weighted by Crippen LogP contribution is -2.34. The Hall–Kier alpha value is -2.50. The summed E-state index contributed by atoms with van der Waals surface area (Å²) in [4.78, 5) is 8.58. The van der Waals surface area contributed by atoms with Crippen molar-refractivity contribution >= 4 is 17.4 Å². The highest BCUT2D eigenvalue weighted by Crippen LogP contribution is 2.30. The molecule has 0 aliphatic rings. The van der Waals surface area contributed by atoms with E-state index in [2.05, 4.69) is 15.3 Å². The van der Waals surface area contributed by atoms with Gasteiger partial charge in [0, 0.05) is 10.6 Å². The average molecular weight is 372 g/mol. The molecule has 2 aromatic carbocycles. The predicted octanol–water partition coefficient (Wildman–Crippen LogP) is 4.86. The molecule has 3 rings (SSSR count). The number of anilines is 1. The van der Waals surface area contributed by atoms with Gasteiger partial charge in [0.1, 0.15) is 11.6 Å². The SMILES string of the molecule is CC(C)(O)C(Nc1cncc(-c2cc(Cl)ccc2F)n1)c1ccccc1. The molecule has 0 saturated carbocycles. The summed E-state index contributed by atoms with van der Waals surface area (Å²) < 4.78 is 14.1. The zero-order valence-electron chi connectivity index (χ0n) is 14.4. The fourth-order valence-electron chi connectivity index (χ4n) is 2.72. The van der Waals surface area contributed by atoms with Gasteiger partial charge >= 0.3 is 0 Å². The molecule has 3 aromatic rings. The highest BCUT2D eigenvalue weighted by molar-refractivity contribution is 6.30. The summed E-state index contributed by atoms with van der Waals surface area (Å²) in [6.07, 6.45) is 3.01. The third kappa shape index (κ3) is 4.18. The van der Waals surface area contributed by atoms with Crippen LogP contribution in [0.2, 0.25) is 5.02 Å². The van der Waals surface area contributed by atoms with E-state index in [1.54, 1.807) is 13.8 Å². The maximum Gasteiger partial charge on any atom is 0.145 e. The van der Waals surface area contributed by atoms with Crippen molar-refractivity contribution in [1.29, 1.82) is 0 Å². The minimum Gasteiger partial charge on any atom is -0.388 e. The second kappa shape index (κ2) is 7.40. The Morgan fingerprint density at radius 2 is 1.85 bits per heavy atom. The Balaban J connectivity index is 1.96. The minimum atomic E-state index is -1.06. The number of nitrogens with one attached hydrogen (secondary N) is 1. The zero-order valence-corrected chi connectivity index (χ0v) is 15.2. The number of rotatable bonds is 5. The summed E-state index contributed by atoms with van der Waals surface area (Å²) in [6, 6.07) is 13.4. The summed E-state index contributed by atoms with van der Waals surface area (Å²) in [7, 11) is 0. The van der Waals surface area contributed by atoms with Crippen molar-refractivity contribution in [2.24, 2.45) is 0 Å². The predicted molar refractivity (Wildman–Crippen MR) is 102 cm³/mol. The highest BCUT2D eigenvalue weighted by atomic mass is 35.5. The Labute approximate surface area is 156 Å². The van der Waals surface area contributed by atoms with Crippen LogP contribution in [0.4, 0.5) is 10.2 Å². The monoisotopic (exact) mass is 371 g/mol. The number of nitrogens with zero attached hydrogens (tertiary/aromatic N) is 2. The average Bonchev–Trinajstić information content (AvgIpc) is 2.62. The summed E-state index contributed by atoms with van der Waals surface area (Å²) in [5.74, 6) is 0.000742. The van der Waals surface area contributed by atoms with E-state index < -0.39 is 17.5 Å². The first kappa shape index (κ1) is 18.3. The van der Waals surface area contributed by atoms with Crippen molar-refractivity contribution in [2.45, 2.75) is 25.5 Å². The molecular formula is C20H19ClFN3O. The number of hydrogen-bond donors (Lipinski definition) is 2. The van der Waals surface area contributed by atoms with Crippen LogP contribution in [0, 0.1) is 5.82 Å². The van der Waals surface area contributed by atoms with E-state index in [1.807, 2.05) is 30.3 Å². The summed E-state index contributed by atoms with van der Waals surface area (Å²) >= 11 is 5.97. The molecule has 0 amide bonds. The van der Waals surface area contributed by atoms with Crippen LogP contribution in [-0.2, 0) is 0 Å². The molecule has 1 aromatic heterocycles. The minimum absolute atomic E-state index is 0.271. The molecule has 0 fully saturated rings. The topological polar surface area (TPSA) is 58.0 Å². The molecule has 0 radical (unpaired) electrons. The molecule has 0 bridgehead atoms. The molecule has 1 heterocycles. The van der Waals surface area contributed by atoms with Crippen molar-refractivity contribution in [3.8, 4) is 11.3 Å². The van der Waals surface area contributed by atoms with Gasteiger partial charge in [-0.1, -0.05) is 41.9 Å². The highest BCUT2D eigenvalue weighted by Gasteiger charge is 2.28. The number of aromatic nitrogens is 2. The van der Waals surface area contributed by atoms with E-state index in [1.165, 1.54) is 30.6 Å². The summed E-state index contributed by atoms with van der Waals surface area (Å²) in [6.45, 7) is 3.43. The van der Waals surface area contributed by atoms with Crippen LogP contribution in [0.15, 0.2) is 60.9 Å². The van der Waals surface area contributed by atoms with Gasteiger partial charge in [0.15, 0.2) is 0 Å². The molecule has 0 aliphatic carbocycles. The first-order valence-electron chi connectivity index (χ1n) is 8.16. The van der Waals surface area contributed by atoms with Gasteiger partial charge in [0.2, 0.25) is 0 Å². The quantitative estimate of drug-likeness (QED) is 0.672. The molecule has 26 heavy (non-hydrogen) atoms. The van der Waals surface area contributed by atoms with E-state index in [0.29, 0.717) is 16.5 Å². The fraction of sp³-hybridized carbons (Fsp3) is 0.200. The van der Waals surface area contributed by atoms with Gasteiger partial charge in [0.05, 0.1) is 29.7 Å². The van der Waals surface area contributed by atoms with E-state index in [-0.39, 0.29) is 5.56 Å². The molecule has 0 saturated heterocycles. The number of hydrogen-bond acceptors (Lipinski definition) is 4. The first-order valence-corrected chi connectivity index (χ1v) is 8.54. The molecule has 2 N–H and O–H groups in total. The van der Waals surface area contributed by atoms with Crippen LogP contribution in [0.5, 0.6) is 0 Å². The lowest BCUT2D eigenvalue weighted by molar-refractivity contribution is 0.0588. The van der Waals surface area contributed by atoms with Gasteiger partial charge in [-0.15, -0.1) is 0 Å². The summed E-state index contributed by atoms with van der Waals surface area (Å²) in [5, 5.41) is 14.2. The van der Waals surface area contributed by atoms with Crippen LogP contribution in [0.3, 0.4) is 0 Å². The second-order valence-corrected chi connectivity index (χ2v) is 6.99. The van der Waals surface area contributed by atoms with Crippen LogP contribution < -0.4 is 5.32 Å². The molecule has 0 spiro atoms. The Bertz CT molecular complexity index is 897. The van der Waals surface area contributed by atoms with Gasteiger partial charge in [-0.05, 0) is 37.6 Å². The van der Waals surface area contributed by atoms with Crippen molar-refractivity contribution < 1.29 is 9.50 Å². The third-order valence-electron chi connectivity index (χ3n) is 3.97. The Morgan fingerprint density at radius 3 is 2.54 bits per heavy atom. The molecule has 4 nitrogen and oxygen atoms in total. The van der Waals surface area contributed by atoms with Crippen molar-refractivity contribution in [2.75, 3.05) is 5.32 Å². The molecule has 1 atom stereocenters. The zero-order chi connectivity index (χ0) is 18.7. The molecule has 6 heteroatoms. The number of aliphatic hydroxyl groups is 1. The van der Waals surface area contributed by atoms with E-state index in [4.69, 9.17) is 11.6 Å². The molecule has 0 aliphatic heterocycles. The smallest absolute Gasteiger partial charge is 0.145 e. The van der Waals surface area contributed by atoms with Crippen molar-refractivity contribution in [3.05, 3.63) is 77.3 Å². The van der Waals surface area contributed by atoms with E-state index in [9.17, 15) is 9.50 Å². The van der Waals surface area contributed by atoms with Gasteiger partial charge in [-0.2, -0.15) is 0 Å². The fourth-order valence-corrected chi connectivity index (χ4v) is 2.89. The largest absolute Gasteiger partial charge is 0.388 e. The van der Waals surface area contributed by atoms with E-state index in [0.717, 1.165) is 5.56 Å². The standard InChI is InChI=1S/C20H19ClFN3O/c1-20(2,26)19(13-6-4-3-5-7-13)25-18-12-23-11-17(24-18)15-10-14(21)8-9-16(15)22/h3-12,19,26H,1-2H3,(H,24,25). The second-order valence-electron chi connectivity index (χ2n) is 6.56. The lowest BCUT2D eigenvalue weighted by atomic mass is 9.92. The van der Waals surface area contributed by atoms with Gasteiger partial charge < -0.3 is 10.4 Å². The van der Waals surface area contributed by atoms with Crippen LogP contribution in [0.1, 0.15) is 25.5 Å². The normalized spacial score (nSPS) is 12.7. The maximum atomic E-state index is 14.1. The van der Waals surface area contributed by atoms with Crippen molar-refractivity contribution in [1.82, 2.24) is 9.97 Å². The number of halogens is 2. The van der Waals surface area contributed by atoms with Gasteiger partial charge in [0.25, 0.3) is 0 Å². The Kier molecular flexibility index (Phi) is 5.20. The Morgan fingerprint density at radius 1 is 1.12 bits per heavy atom. The third-order valence-corrected chi connectivity index (χ3v) is 4.21. The van der Waals surface area contributed by atoms with E-state index >= 15 is 0 Å². The van der Waals surface area contributed by atoms with Gasteiger partial charge in [-0.3, -0.25) is 4.98 Å². The van der Waals surface area contributed by atoms with Gasteiger partial charge in [-0.25, -0.2) is 9.37 Å².